The monoisotopic (exact) mass is 389 g/mol. The molecule has 0 radical (unpaired) electrons. The minimum absolute atomic E-state index is 0.343. The molecule has 24 heavy (non-hydrogen) atoms. The van der Waals surface area contributed by atoms with Crippen molar-refractivity contribution in [2.24, 2.45) is 0 Å². The number of carbonyl (C=O) groups is 2. The van der Waals surface area contributed by atoms with Crippen molar-refractivity contribution < 1.29 is 19.1 Å². The summed E-state index contributed by atoms with van der Waals surface area (Å²) in [5.41, 5.74) is 1.63. The van der Waals surface area contributed by atoms with E-state index in [4.69, 9.17) is 9.47 Å². The summed E-state index contributed by atoms with van der Waals surface area (Å²) in [6.45, 7) is 0. The topological polar surface area (TPSA) is 64.6 Å². The molecule has 1 aliphatic rings. The van der Waals surface area contributed by atoms with E-state index in [1.54, 1.807) is 24.3 Å². The van der Waals surface area contributed by atoms with Crippen LogP contribution in [0, 0.1) is 0 Å². The summed E-state index contributed by atoms with van der Waals surface area (Å²) in [5.74, 6) is -0.165. The van der Waals surface area contributed by atoms with Gasteiger partial charge in [-0.2, -0.15) is 0 Å². The number of nitrogens with one attached hydrogen (secondary N) is 1. The zero-order valence-corrected chi connectivity index (χ0v) is 14.6. The Morgan fingerprint density at radius 1 is 1.21 bits per heavy atom. The van der Waals surface area contributed by atoms with Crippen LogP contribution in [0.5, 0.6) is 5.75 Å². The van der Waals surface area contributed by atoms with Crippen LogP contribution in [0.15, 0.2) is 53.0 Å². The van der Waals surface area contributed by atoms with Crippen LogP contribution in [0.2, 0.25) is 0 Å². The highest BCUT2D eigenvalue weighted by atomic mass is 79.9. The summed E-state index contributed by atoms with van der Waals surface area (Å²) < 4.78 is 11.4. The van der Waals surface area contributed by atoms with E-state index in [2.05, 4.69) is 21.2 Å². The molecule has 2 unspecified atom stereocenters. The molecule has 5 nitrogen and oxygen atoms in total. The van der Waals surface area contributed by atoms with Crippen LogP contribution in [0.4, 0.5) is 0 Å². The summed E-state index contributed by atoms with van der Waals surface area (Å²) in [4.78, 5) is 24.6. The van der Waals surface area contributed by atoms with Gasteiger partial charge >= 0.3 is 5.97 Å². The Morgan fingerprint density at radius 3 is 2.58 bits per heavy atom. The van der Waals surface area contributed by atoms with Gasteiger partial charge in [-0.1, -0.05) is 46.3 Å². The number of fused-ring (bicyclic) bond motifs is 1. The fourth-order valence-electron chi connectivity index (χ4n) is 2.61. The third-order valence-electron chi connectivity index (χ3n) is 3.87. The Hall–Kier alpha value is -2.34. The summed E-state index contributed by atoms with van der Waals surface area (Å²) in [5, 5.41) is 2.73. The molecule has 2 aromatic carbocycles. The summed E-state index contributed by atoms with van der Waals surface area (Å²) in [6.07, 6.45) is -0.166. The molecule has 0 aromatic heterocycles. The smallest absolute Gasteiger partial charge is 0.333 e. The van der Waals surface area contributed by atoms with E-state index in [1.165, 1.54) is 7.11 Å². The van der Waals surface area contributed by atoms with Gasteiger partial charge in [-0.25, -0.2) is 4.79 Å². The number of hydrogen-bond donors (Lipinski definition) is 1. The Morgan fingerprint density at radius 2 is 1.92 bits per heavy atom. The van der Waals surface area contributed by atoms with E-state index in [0.29, 0.717) is 17.7 Å². The first-order valence-electron chi connectivity index (χ1n) is 7.46. The van der Waals surface area contributed by atoms with Gasteiger partial charge in [0.25, 0.3) is 5.91 Å². The number of para-hydroxylation sites is 1. The predicted octanol–water partition coefficient (Wildman–Crippen LogP) is 2.78. The van der Waals surface area contributed by atoms with Crippen molar-refractivity contribution in [3.05, 3.63) is 64.1 Å². The number of halogens is 1. The Kier molecular flexibility index (Phi) is 4.85. The summed E-state index contributed by atoms with van der Waals surface area (Å²) in [7, 11) is 1.29. The number of benzene rings is 2. The SMILES string of the molecule is COC(=O)C(NC(=O)C1Cc2ccccc2O1)c1ccc(Br)cc1. The van der Waals surface area contributed by atoms with Crippen molar-refractivity contribution in [1.29, 1.82) is 0 Å². The van der Waals surface area contributed by atoms with Crippen LogP contribution >= 0.6 is 15.9 Å². The van der Waals surface area contributed by atoms with Gasteiger partial charge in [-0.05, 0) is 29.3 Å². The van der Waals surface area contributed by atoms with Gasteiger partial charge in [0, 0.05) is 10.9 Å². The second-order valence-electron chi connectivity index (χ2n) is 5.43. The highest BCUT2D eigenvalue weighted by molar-refractivity contribution is 9.10. The second kappa shape index (κ2) is 7.05. The normalized spacial score (nSPS) is 16.7. The molecule has 0 bridgehead atoms. The lowest BCUT2D eigenvalue weighted by Gasteiger charge is -2.19. The average Bonchev–Trinajstić information content (AvgIpc) is 3.04. The quantitative estimate of drug-likeness (QED) is 0.816. The van der Waals surface area contributed by atoms with Crippen molar-refractivity contribution in [3.63, 3.8) is 0 Å². The van der Waals surface area contributed by atoms with Gasteiger partial charge in [0.05, 0.1) is 7.11 Å². The van der Waals surface area contributed by atoms with Gasteiger partial charge in [-0.15, -0.1) is 0 Å². The van der Waals surface area contributed by atoms with Gasteiger partial charge < -0.3 is 14.8 Å². The predicted molar refractivity (Wildman–Crippen MR) is 91.6 cm³/mol. The molecule has 0 fully saturated rings. The van der Waals surface area contributed by atoms with E-state index in [-0.39, 0.29) is 5.91 Å². The highest BCUT2D eigenvalue weighted by Crippen LogP contribution is 2.28. The van der Waals surface area contributed by atoms with Crippen LogP contribution in [0.3, 0.4) is 0 Å². The zero-order valence-electron chi connectivity index (χ0n) is 13.0. The zero-order chi connectivity index (χ0) is 17.1. The van der Waals surface area contributed by atoms with Gasteiger partial charge in [-0.3, -0.25) is 4.79 Å². The molecule has 3 rings (SSSR count). The van der Waals surface area contributed by atoms with Crippen LogP contribution in [-0.2, 0) is 20.7 Å². The van der Waals surface area contributed by atoms with E-state index < -0.39 is 18.1 Å². The third-order valence-corrected chi connectivity index (χ3v) is 4.40. The maximum absolute atomic E-state index is 12.5. The van der Waals surface area contributed by atoms with Crippen LogP contribution in [0.1, 0.15) is 17.2 Å². The first kappa shape index (κ1) is 16.5. The summed E-state index contributed by atoms with van der Waals surface area (Å²) >= 11 is 3.35. The van der Waals surface area contributed by atoms with Crippen LogP contribution < -0.4 is 10.1 Å². The molecule has 0 saturated heterocycles. The molecule has 2 atom stereocenters. The van der Waals surface area contributed by atoms with E-state index in [0.717, 1.165) is 10.0 Å². The Bertz CT molecular complexity index is 735. The molecule has 0 spiro atoms. The molecule has 1 amide bonds. The molecule has 1 heterocycles. The number of carbonyl (C=O) groups excluding carboxylic acids is 2. The minimum Gasteiger partial charge on any atom is -0.480 e. The molecule has 6 heteroatoms. The Balaban J connectivity index is 1.75. The van der Waals surface area contributed by atoms with Crippen LogP contribution in [0.25, 0.3) is 0 Å². The van der Waals surface area contributed by atoms with Gasteiger partial charge in [0.1, 0.15) is 5.75 Å². The maximum atomic E-state index is 12.5. The van der Waals surface area contributed by atoms with Crippen molar-refractivity contribution in [2.75, 3.05) is 7.11 Å². The maximum Gasteiger partial charge on any atom is 0.333 e. The van der Waals surface area contributed by atoms with Crippen molar-refractivity contribution >= 4 is 27.8 Å². The fraction of sp³-hybridized carbons (Fsp3) is 0.222. The lowest BCUT2D eigenvalue weighted by molar-refractivity contribution is -0.146. The number of rotatable bonds is 4. The standard InChI is InChI=1S/C18H16BrNO4/c1-23-18(22)16(11-6-8-13(19)9-7-11)20-17(21)15-10-12-4-2-3-5-14(12)24-15/h2-9,15-16H,10H2,1H3,(H,20,21). The Labute approximate surface area is 148 Å². The molecular formula is C18H16BrNO4. The second-order valence-corrected chi connectivity index (χ2v) is 6.35. The number of amides is 1. The molecule has 2 aromatic rings. The van der Waals surface area contributed by atoms with E-state index >= 15 is 0 Å². The molecule has 0 aliphatic carbocycles. The number of methoxy groups -OCH3 is 1. The average molecular weight is 390 g/mol. The molecule has 124 valence electrons. The summed E-state index contributed by atoms with van der Waals surface area (Å²) in [6, 6.07) is 13.8. The van der Waals surface area contributed by atoms with Gasteiger partial charge in [0.15, 0.2) is 12.1 Å². The fourth-order valence-corrected chi connectivity index (χ4v) is 2.88. The molecule has 0 saturated carbocycles. The van der Waals surface area contributed by atoms with Crippen molar-refractivity contribution in [3.8, 4) is 5.75 Å². The van der Waals surface area contributed by atoms with Crippen LogP contribution in [-0.4, -0.2) is 25.1 Å². The molecular weight excluding hydrogens is 374 g/mol. The molecule has 1 aliphatic heterocycles. The van der Waals surface area contributed by atoms with Crippen molar-refractivity contribution in [1.82, 2.24) is 5.32 Å². The third kappa shape index (κ3) is 3.43. The highest BCUT2D eigenvalue weighted by Gasteiger charge is 2.32. The lowest BCUT2D eigenvalue weighted by atomic mass is 10.1. The first-order chi connectivity index (χ1) is 11.6. The van der Waals surface area contributed by atoms with E-state index in [9.17, 15) is 9.59 Å². The first-order valence-corrected chi connectivity index (χ1v) is 8.26. The minimum atomic E-state index is -0.872. The largest absolute Gasteiger partial charge is 0.480 e. The number of hydrogen-bond acceptors (Lipinski definition) is 4. The number of ether oxygens (including phenoxy) is 2. The number of esters is 1. The van der Waals surface area contributed by atoms with Gasteiger partial charge in [0.2, 0.25) is 0 Å². The molecule has 1 N–H and O–H groups in total. The van der Waals surface area contributed by atoms with Crippen molar-refractivity contribution in [2.45, 2.75) is 18.6 Å². The van der Waals surface area contributed by atoms with E-state index in [1.807, 2.05) is 24.3 Å². The lowest BCUT2D eigenvalue weighted by Crippen LogP contribution is -2.42.